The van der Waals surface area contributed by atoms with Crippen LogP contribution in [0.5, 0.6) is 0 Å². The van der Waals surface area contributed by atoms with Crippen molar-refractivity contribution in [2.45, 2.75) is 44.3 Å². The molecule has 1 nitrogen and oxygen atoms in total. The summed E-state index contributed by atoms with van der Waals surface area (Å²) in [6, 6.07) is 51.1. The Labute approximate surface area is 266 Å². The van der Waals surface area contributed by atoms with E-state index in [0.717, 1.165) is 0 Å². The standard InChI is InChI=1S/C43H37NSi/c1-42(2)33-15-7-8-16-35(33)43(38-27-29(23-26-34(38)42)28-21-24-30(25-22-28)45(3,4)5)36-17-9-11-20-40(36)44-39-19-10-6-13-31(39)32-14-12-18-37(43)41(32)44/h6-27H,1-5H3. The van der Waals surface area contributed by atoms with E-state index in [1.54, 1.807) is 0 Å². The van der Waals surface area contributed by atoms with Crippen molar-refractivity contribution in [3.8, 4) is 16.8 Å². The number of aromatic nitrogens is 1. The maximum absolute atomic E-state index is 2.53. The van der Waals surface area contributed by atoms with Gasteiger partial charge in [0.25, 0.3) is 0 Å². The molecule has 1 atom stereocenters. The lowest BCUT2D eigenvalue weighted by atomic mass is 9.53. The van der Waals surface area contributed by atoms with Crippen LogP contribution in [-0.4, -0.2) is 12.6 Å². The summed E-state index contributed by atoms with van der Waals surface area (Å²) in [5.41, 5.74) is 14.1. The molecule has 0 saturated carbocycles. The first kappa shape index (κ1) is 26.7. The van der Waals surface area contributed by atoms with E-state index in [2.05, 4.69) is 172 Å². The molecule has 2 aliphatic rings. The zero-order chi connectivity index (χ0) is 30.7. The lowest BCUT2D eigenvalue weighted by molar-refractivity contribution is 0.556. The Morgan fingerprint density at radius 2 is 1.09 bits per heavy atom. The summed E-state index contributed by atoms with van der Waals surface area (Å²) in [5, 5.41) is 4.12. The van der Waals surface area contributed by atoms with Crippen LogP contribution in [0.2, 0.25) is 19.6 Å². The smallest absolute Gasteiger partial charge is 0.0775 e. The highest BCUT2D eigenvalue weighted by Gasteiger charge is 2.52. The molecule has 1 unspecified atom stereocenters. The van der Waals surface area contributed by atoms with Crippen molar-refractivity contribution in [2.75, 3.05) is 0 Å². The van der Waals surface area contributed by atoms with Gasteiger partial charge in [0, 0.05) is 16.2 Å². The van der Waals surface area contributed by atoms with E-state index < -0.39 is 13.5 Å². The Bertz CT molecular complexity index is 2330. The monoisotopic (exact) mass is 595 g/mol. The maximum atomic E-state index is 2.53. The van der Waals surface area contributed by atoms with Crippen molar-refractivity contribution >= 4 is 35.1 Å². The van der Waals surface area contributed by atoms with Crippen LogP contribution < -0.4 is 5.19 Å². The molecule has 0 saturated heterocycles. The maximum Gasteiger partial charge on any atom is 0.0775 e. The van der Waals surface area contributed by atoms with Crippen molar-refractivity contribution in [1.29, 1.82) is 0 Å². The van der Waals surface area contributed by atoms with Crippen LogP contribution in [0.3, 0.4) is 0 Å². The zero-order valence-corrected chi connectivity index (χ0v) is 27.6. The van der Waals surface area contributed by atoms with Crippen molar-refractivity contribution in [3.05, 3.63) is 167 Å². The van der Waals surface area contributed by atoms with E-state index in [0.29, 0.717) is 0 Å². The SMILES string of the molecule is CC1(C)c2ccccc2C2(c3ccccc3-n3c4ccccc4c4cccc2c43)c2cc(-c3ccc([Si](C)(C)C)cc3)ccc21. The molecule has 1 spiro atoms. The largest absolute Gasteiger partial charge is 0.309 e. The number of rotatable bonds is 2. The van der Waals surface area contributed by atoms with Crippen LogP contribution in [0.15, 0.2) is 133 Å². The van der Waals surface area contributed by atoms with E-state index >= 15 is 0 Å². The molecular formula is C43H37NSi. The highest BCUT2D eigenvalue weighted by molar-refractivity contribution is 6.88. The Hall–Kier alpha value is -4.66. The molecular weight excluding hydrogens is 559 g/mol. The molecule has 45 heavy (non-hydrogen) atoms. The minimum Gasteiger partial charge on any atom is -0.309 e. The van der Waals surface area contributed by atoms with E-state index in [9.17, 15) is 0 Å². The summed E-state index contributed by atoms with van der Waals surface area (Å²) in [5.74, 6) is 0. The van der Waals surface area contributed by atoms with Gasteiger partial charge in [-0.1, -0.05) is 154 Å². The highest BCUT2D eigenvalue weighted by Crippen LogP contribution is 2.60. The van der Waals surface area contributed by atoms with E-state index in [1.165, 1.54) is 77.2 Å². The minimum atomic E-state index is -1.39. The number of fused-ring (bicyclic) bond motifs is 11. The average Bonchev–Trinajstić information content (AvgIpc) is 3.40. The van der Waals surface area contributed by atoms with Gasteiger partial charge in [0.05, 0.1) is 30.2 Å². The average molecular weight is 596 g/mol. The molecule has 2 heterocycles. The molecule has 218 valence electrons. The molecule has 9 rings (SSSR count). The van der Waals surface area contributed by atoms with Gasteiger partial charge in [-0.05, 0) is 62.7 Å². The Balaban J connectivity index is 1.45. The quantitative estimate of drug-likeness (QED) is 0.175. The lowest BCUT2D eigenvalue weighted by Gasteiger charge is -2.50. The third kappa shape index (κ3) is 3.38. The van der Waals surface area contributed by atoms with Gasteiger partial charge in [-0.25, -0.2) is 0 Å². The fourth-order valence-corrected chi connectivity index (χ4v) is 9.84. The molecule has 1 aromatic heterocycles. The number of hydrogen-bond acceptors (Lipinski definition) is 0. The van der Waals surface area contributed by atoms with Gasteiger partial charge in [0.15, 0.2) is 0 Å². The van der Waals surface area contributed by atoms with Gasteiger partial charge in [-0.3, -0.25) is 0 Å². The summed E-state index contributed by atoms with van der Waals surface area (Å²) in [6.45, 7) is 12.1. The highest BCUT2D eigenvalue weighted by atomic mass is 28.3. The van der Waals surface area contributed by atoms with Crippen molar-refractivity contribution in [3.63, 3.8) is 0 Å². The van der Waals surface area contributed by atoms with Gasteiger partial charge in [-0.2, -0.15) is 0 Å². The van der Waals surface area contributed by atoms with Crippen molar-refractivity contribution in [2.24, 2.45) is 0 Å². The van der Waals surface area contributed by atoms with Gasteiger partial charge < -0.3 is 4.57 Å². The molecule has 2 heteroatoms. The predicted octanol–water partition coefficient (Wildman–Crippen LogP) is 10.3. The molecule has 7 aromatic rings. The number of benzene rings is 6. The molecule has 0 amide bonds. The van der Waals surface area contributed by atoms with Crippen LogP contribution in [0.4, 0.5) is 0 Å². The van der Waals surface area contributed by atoms with Crippen LogP contribution in [0.1, 0.15) is 47.2 Å². The Morgan fingerprint density at radius 1 is 0.489 bits per heavy atom. The number of nitrogens with zero attached hydrogens (tertiary/aromatic N) is 1. The summed E-state index contributed by atoms with van der Waals surface area (Å²) in [7, 11) is -1.39. The lowest BCUT2D eigenvalue weighted by Crippen LogP contribution is -2.44. The summed E-state index contributed by atoms with van der Waals surface area (Å²) >= 11 is 0. The summed E-state index contributed by atoms with van der Waals surface area (Å²) < 4.78 is 2.53. The van der Waals surface area contributed by atoms with Gasteiger partial charge in [0.2, 0.25) is 0 Å². The molecule has 0 bridgehead atoms. The Kier molecular flexibility index (Phi) is 5.32. The van der Waals surface area contributed by atoms with Gasteiger partial charge >= 0.3 is 0 Å². The normalized spacial score (nSPS) is 17.7. The predicted molar refractivity (Wildman–Crippen MR) is 193 cm³/mol. The third-order valence-corrected chi connectivity index (χ3v) is 12.9. The van der Waals surface area contributed by atoms with Crippen LogP contribution >= 0.6 is 0 Å². The molecule has 1 aliphatic carbocycles. The van der Waals surface area contributed by atoms with Crippen molar-refractivity contribution in [1.82, 2.24) is 4.57 Å². The Morgan fingerprint density at radius 3 is 1.87 bits per heavy atom. The topological polar surface area (TPSA) is 4.93 Å². The molecule has 0 fully saturated rings. The fraction of sp³-hybridized carbons (Fsp3) is 0.163. The first-order valence-corrected chi connectivity index (χ1v) is 19.7. The van der Waals surface area contributed by atoms with Crippen molar-refractivity contribution < 1.29 is 0 Å². The second-order valence-electron chi connectivity index (χ2n) is 14.6. The minimum absolute atomic E-state index is 0.148. The molecule has 0 radical (unpaired) electrons. The van der Waals surface area contributed by atoms with E-state index in [1.807, 2.05) is 0 Å². The molecule has 1 aliphatic heterocycles. The first-order valence-electron chi connectivity index (χ1n) is 16.2. The second-order valence-corrected chi connectivity index (χ2v) is 19.7. The summed E-state index contributed by atoms with van der Waals surface area (Å²) in [6.07, 6.45) is 0. The number of para-hydroxylation sites is 3. The van der Waals surface area contributed by atoms with Crippen LogP contribution in [0.25, 0.3) is 38.6 Å². The van der Waals surface area contributed by atoms with E-state index in [-0.39, 0.29) is 5.41 Å². The first-order chi connectivity index (χ1) is 21.7. The van der Waals surface area contributed by atoms with E-state index in [4.69, 9.17) is 0 Å². The second kappa shape index (κ2) is 8.96. The van der Waals surface area contributed by atoms with Crippen LogP contribution in [0, 0.1) is 0 Å². The third-order valence-electron chi connectivity index (χ3n) is 10.8. The molecule has 0 N–H and O–H groups in total. The number of hydrogen-bond donors (Lipinski definition) is 0. The van der Waals surface area contributed by atoms with Gasteiger partial charge in [-0.15, -0.1) is 0 Å². The summed E-state index contributed by atoms with van der Waals surface area (Å²) in [4.78, 5) is 0. The molecule has 6 aromatic carbocycles. The zero-order valence-electron chi connectivity index (χ0n) is 26.6. The van der Waals surface area contributed by atoms with Crippen LogP contribution in [-0.2, 0) is 10.8 Å². The van der Waals surface area contributed by atoms with Gasteiger partial charge in [0.1, 0.15) is 0 Å². The fourth-order valence-electron chi connectivity index (χ4n) is 8.67.